The summed E-state index contributed by atoms with van der Waals surface area (Å²) in [6.45, 7) is 2.36. The molecule has 1 aliphatic carbocycles. The smallest absolute Gasteiger partial charge is 0.413 e. The first-order chi connectivity index (χ1) is 10.3. The van der Waals surface area contributed by atoms with Gasteiger partial charge in [0.15, 0.2) is 5.78 Å². The van der Waals surface area contributed by atoms with Crippen LogP contribution in [0.4, 0.5) is 4.79 Å². The van der Waals surface area contributed by atoms with Crippen molar-refractivity contribution in [3.05, 3.63) is 0 Å². The second-order valence-electron chi connectivity index (χ2n) is 5.19. The van der Waals surface area contributed by atoms with E-state index in [1.54, 1.807) is 0 Å². The maximum atomic E-state index is 11.9. The zero-order valence-corrected chi connectivity index (χ0v) is 13.1. The molecule has 0 aromatic rings. The van der Waals surface area contributed by atoms with Crippen LogP contribution in [0.3, 0.4) is 0 Å². The average Bonchev–Trinajstić information content (AvgIpc) is 2.44. The van der Waals surface area contributed by atoms with E-state index in [0.717, 1.165) is 12.8 Å². The van der Waals surface area contributed by atoms with Crippen molar-refractivity contribution in [2.75, 3.05) is 13.6 Å². The summed E-state index contributed by atoms with van der Waals surface area (Å²) in [6, 6.07) is -0.483. The molecular weight excluding hydrogens is 292 g/mol. The Labute approximate surface area is 129 Å². The molecular formula is C14H22N2O6. The van der Waals surface area contributed by atoms with Gasteiger partial charge in [0.05, 0.1) is 6.04 Å². The molecule has 0 aromatic carbocycles. The van der Waals surface area contributed by atoms with E-state index in [2.05, 4.69) is 5.32 Å². The summed E-state index contributed by atoms with van der Waals surface area (Å²) in [6.07, 6.45) is 0.977. The predicted octanol–water partition coefficient (Wildman–Crippen LogP) is 0.592. The Morgan fingerprint density at radius 3 is 2.59 bits per heavy atom. The Morgan fingerprint density at radius 2 is 2.00 bits per heavy atom. The number of esters is 1. The summed E-state index contributed by atoms with van der Waals surface area (Å²) in [5.74, 6) is -1.06. The number of hydrogen-bond acceptors (Lipinski definition) is 6. The van der Waals surface area contributed by atoms with Crippen LogP contribution in [0.2, 0.25) is 0 Å². The lowest BCUT2D eigenvalue weighted by atomic mass is 9.93. The maximum absolute atomic E-state index is 11.9. The Balaban J connectivity index is 2.40. The Kier molecular flexibility index (Phi) is 6.81. The van der Waals surface area contributed by atoms with Gasteiger partial charge in [-0.2, -0.15) is 0 Å². The minimum Gasteiger partial charge on any atom is -0.424 e. The number of rotatable bonds is 5. The lowest BCUT2D eigenvalue weighted by molar-refractivity contribution is -0.166. The van der Waals surface area contributed by atoms with Crippen LogP contribution in [0.5, 0.6) is 0 Å². The zero-order chi connectivity index (χ0) is 16.7. The van der Waals surface area contributed by atoms with E-state index in [1.165, 1.54) is 25.8 Å². The Hall–Kier alpha value is -2.12. The highest BCUT2D eigenvalue weighted by atomic mass is 16.7. The van der Waals surface area contributed by atoms with Crippen LogP contribution in [0.25, 0.3) is 0 Å². The number of Topliss-reactive ketones (excluding diaryl/α,β-unsaturated/α-hetero) is 1. The summed E-state index contributed by atoms with van der Waals surface area (Å²) in [5.41, 5.74) is 0. The van der Waals surface area contributed by atoms with E-state index < -0.39 is 24.4 Å². The van der Waals surface area contributed by atoms with Gasteiger partial charge in [-0.05, 0) is 12.8 Å². The predicted molar refractivity (Wildman–Crippen MR) is 75.7 cm³/mol. The molecule has 1 N–H and O–H groups in total. The molecule has 0 radical (unpaired) electrons. The normalized spacial score (nSPS) is 19.0. The Bertz CT molecular complexity index is 451. The standard InChI is InChI=1S/C14H22N2O6/c1-9(17)15-8-13(19)21-10(2)22-14(20)16(3)11-6-4-5-7-12(11)18/h10-11H,4-8H2,1-3H3,(H,15,17)/t10?,11-/m1/s1. The highest BCUT2D eigenvalue weighted by Gasteiger charge is 2.30. The van der Waals surface area contributed by atoms with Crippen LogP contribution in [-0.4, -0.2) is 54.6 Å². The van der Waals surface area contributed by atoms with E-state index in [0.29, 0.717) is 12.8 Å². The highest BCUT2D eigenvalue weighted by molar-refractivity contribution is 5.87. The van der Waals surface area contributed by atoms with Crippen molar-refractivity contribution in [2.45, 2.75) is 51.9 Å². The summed E-state index contributed by atoms with van der Waals surface area (Å²) >= 11 is 0. The van der Waals surface area contributed by atoms with E-state index in [9.17, 15) is 19.2 Å². The number of ether oxygens (including phenoxy) is 2. The number of nitrogens with one attached hydrogen (secondary N) is 1. The van der Waals surface area contributed by atoms with Crippen LogP contribution in [0.15, 0.2) is 0 Å². The van der Waals surface area contributed by atoms with E-state index in [1.807, 2.05) is 0 Å². The summed E-state index contributed by atoms with van der Waals surface area (Å²) in [7, 11) is 1.49. The second kappa shape index (κ2) is 8.35. The number of carbonyl (C=O) groups excluding carboxylic acids is 4. The van der Waals surface area contributed by atoms with Crippen LogP contribution in [-0.2, 0) is 23.9 Å². The SMILES string of the molecule is CC(=O)NCC(=O)OC(C)OC(=O)N(C)[C@@H]1CCCCC1=O. The van der Waals surface area contributed by atoms with Gasteiger partial charge in [-0.15, -0.1) is 0 Å². The minimum absolute atomic E-state index is 0.0148. The van der Waals surface area contributed by atoms with Crippen molar-refractivity contribution >= 4 is 23.8 Å². The van der Waals surface area contributed by atoms with E-state index in [4.69, 9.17) is 9.47 Å². The van der Waals surface area contributed by atoms with Crippen molar-refractivity contribution in [3.8, 4) is 0 Å². The number of likely N-dealkylation sites (N-methyl/N-ethyl adjacent to an activating group) is 1. The molecule has 0 saturated heterocycles. The summed E-state index contributed by atoms with van der Waals surface area (Å²) in [4.78, 5) is 47.0. The number of nitrogens with zero attached hydrogens (tertiary/aromatic N) is 1. The molecule has 1 rings (SSSR count). The molecule has 1 saturated carbocycles. The van der Waals surface area contributed by atoms with Crippen LogP contribution < -0.4 is 5.32 Å². The maximum Gasteiger partial charge on any atom is 0.413 e. The fourth-order valence-corrected chi connectivity index (χ4v) is 2.17. The first-order valence-electron chi connectivity index (χ1n) is 7.21. The molecule has 8 nitrogen and oxygen atoms in total. The fourth-order valence-electron chi connectivity index (χ4n) is 2.17. The molecule has 0 heterocycles. The molecule has 0 spiro atoms. The molecule has 1 unspecified atom stereocenters. The Morgan fingerprint density at radius 1 is 1.32 bits per heavy atom. The van der Waals surface area contributed by atoms with Crippen molar-refractivity contribution in [1.82, 2.24) is 10.2 Å². The minimum atomic E-state index is -1.10. The van der Waals surface area contributed by atoms with Gasteiger partial charge in [0.1, 0.15) is 6.54 Å². The highest BCUT2D eigenvalue weighted by Crippen LogP contribution is 2.19. The van der Waals surface area contributed by atoms with Gasteiger partial charge < -0.3 is 19.7 Å². The summed E-state index contributed by atoms with van der Waals surface area (Å²) < 4.78 is 9.80. The van der Waals surface area contributed by atoms with Gasteiger partial charge in [0, 0.05) is 27.3 Å². The second-order valence-corrected chi connectivity index (χ2v) is 5.19. The first-order valence-corrected chi connectivity index (χ1v) is 7.21. The van der Waals surface area contributed by atoms with Crippen LogP contribution >= 0.6 is 0 Å². The average molecular weight is 314 g/mol. The molecule has 2 amide bonds. The third-order valence-electron chi connectivity index (χ3n) is 3.32. The lowest BCUT2D eigenvalue weighted by Gasteiger charge is -2.30. The molecule has 2 atom stereocenters. The van der Waals surface area contributed by atoms with Crippen molar-refractivity contribution in [3.63, 3.8) is 0 Å². The summed E-state index contributed by atoms with van der Waals surface area (Å²) in [5, 5.41) is 2.28. The third kappa shape index (κ3) is 5.71. The van der Waals surface area contributed by atoms with Gasteiger partial charge in [0.2, 0.25) is 12.2 Å². The topological polar surface area (TPSA) is 102 Å². The molecule has 1 aliphatic rings. The first kappa shape index (κ1) is 17.9. The number of ketones is 1. The van der Waals surface area contributed by atoms with Crippen LogP contribution in [0, 0.1) is 0 Å². The number of carbonyl (C=O) groups is 4. The van der Waals surface area contributed by atoms with Crippen molar-refractivity contribution in [2.24, 2.45) is 0 Å². The fraction of sp³-hybridized carbons (Fsp3) is 0.714. The van der Waals surface area contributed by atoms with Gasteiger partial charge in [-0.25, -0.2) is 4.79 Å². The lowest BCUT2D eigenvalue weighted by Crippen LogP contribution is -2.45. The molecule has 0 aromatic heterocycles. The monoisotopic (exact) mass is 314 g/mol. The quantitative estimate of drug-likeness (QED) is 0.588. The van der Waals surface area contributed by atoms with Gasteiger partial charge in [0.25, 0.3) is 0 Å². The van der Waals surface area contributed by atoms with E-state index in [-0.39, 0.29) is 18.2 Å². The molecule has 0 bridgehead atoms. The molecule has 124 valence electrons. The van der Waals surface area contributed by atoms with Gasteiger partial charge in [-0.3, -0.25) is 14.4 Å². The molecule has 22 heavy (non-hydrogen) atoms. The number of hydrogen-bond donors (Lipinski definition) is 1. The van der Waals surface area contributed by atoms with Gasteiger partial charge in [-0.1, -0.05) is 6.42 Å². The molecule has 0 aliphatic heterocycles. The van der Waals surface area contributed by atoms with Crippen molar-refractivity contribution < 1.29 is 28.7 Å². The van der Waals surface area contributed by atoms with Crippen LogP contribution in [0.1, 0.15) is 39.5 Å². The third-order valence-corrected chi connectivity index (χ3v) is 3.32. The van der Waals surface area contributed by atoms with Gasteiger partial charge >= 0.3 is 12.1 Å². The molecule has 1 fully saturated rings. The van der Waals surface area contributed by atoms with E-state index >= 15 is 0 Å². The molecule has 8 heteroatoms. The number of amides is 2. The largest absolute Gasteiger partial charge is 0.424 e. The van der Waals surface area contributed by atoms with Crippen molar-refractivity contribution in [1.29, 1.82) is 0 Å². The zero-order valence-electron chi connectivity index (χ0n) is 13.1.